The third kappa shape index (κ3) is 5.63. The molecule has 0 bridgehead atoms. The molecule has 0 radical (unpaired) electrons. The fraction of sp³-hybridized carbons (Fsp3) is 0.238. The predicted octanol–water partition coefficient (Wildman–Crippen LogP) is 3.48. The zero-order valence-electron chi connectivity index (χ0n) is 16.9. The maximum atomic E-state index is 14.5. The Morgan fingerprint density at radius 1 is 1.22 bits per heavy atom. The number of halogens is 3. The number of amides is 1. The molecule has 1 amide bonds. The van der Waals surface area contributed by atoms with Crippen LogP contribution in [0.4, 0.5) is 8.78 Å². The minimum absolute atomic E-state index is 0.0556. The van der Waals surface area contributed by atoms with Gasteiger partial charge >= 0.3 is 5.97 Å². The van der Waals surface area contributed by atoms with Gasteiger partial charge in [0.25, 0.3) is 5.56 Å². The van der Waals surface area contributed by atoms with E-state index in [1.165, 1.54) is 13.2 Å². The second-order valence-electron chi connectivity index (χ2n) is 6.61. The van der Waals surface area contributed by atoms with Gasteiger partial charge in [0.1, 0.15) is 11.6 Å². The Balaban J connectivity index is 1.88. The number of rotatable bonds is 8. The van der Waals surface area contributed by atoms with E-state index in [1.807, 2.05) is 0 Å². The fourth-order valence-corrected chi connectivity index (χ4v) is 3.86. The van der Waals surface area contributed by atoms with Gasteiger partial charge in [0.2, 0.25) is 5.91 Å². The molecule has 2 aromatic carbocycles. The van der Waals surface area contributed by atoms with Gasteiger partial charge in [-0.05, 0) is 36.8 Å². The monoisotopic (exact) mass is 481 g/mol. The van der Waals surface area contributed by atoms with Crippen molar-refractivity contribution in [2.24, 2.45) is 0 Å². The Morgan fingerprint density at radius 2 is 2.00 bits per heavy atom. The van der Waals surface area contributed by atoms with Crippen LogP contribution in [-0.2, 0) is 14.3 Å². The lowest BCUT2D eigenvalue weighted by Crippen LogP contribution is -2.28. The first-order valence-electron chi connectivity index (χ1n) is 9.44. The van der Waals surface area contributed by atoms with Crippen molar-refractivity contribution < 1.29 is 23.1 Å². The van der Waals surface area contributed by atoms with Gasteiger partial charge in [-0.1, -0.05) is 23.4 Å². The van der Waals surface area contributed by atoms with Crippen molar-refractivity contribution in [3.63, 3.8) is 0 Å². The van der Waals surface area contributed by atoms with E-state index in [2.05, 4.69) is 15.0 Å². The van der Waals surface area contributed by atoms with Crippen molar-refractivity contribution in [1.82, 2.24) is 14.9 Å². The lowest BCUT2D eigenvalue weighted by molar-refractivity contribution is -0.140. The molecular formula is C21H18ClF2N3O4S. The predicted molar refractivity (Wildman–Crippen MR) is 117 cm³/mol. The maximum Gasteiger partial charge on any atom is 0.305 e. The molecule has 1 N–H and O–H groups in total. The van der Waals surface area contributed by atoms with E-state index >= 15 is 0 Å². The van der Waals surface area contributed by atoms with Crippen molar-refractivity contribution in [2.45, 2.75) is 18.0 Å². The summed E-state index contributed by atoms with van der Waals surface area (Å²) in [5.74, 6) is -2.61. The highest BCUT2D eigenvalue weighted by molar-refractivity contribution is 7.99. The molecule has 1 heterocycles. The van der Waals surface area contributed by atoms with E-state index in [0.29, 0.717) is 23.0 Å². The SMILES string of the molecule is COC(=O)CCCNC(=O)CSc1nc2ccc(Cl)cc2c(=O)n1-c1ccc(F)cc1F. The first-order chi connectivity index (χ1) is 15.3. The van der Waals surface area contributed by atoms with Crippen LogP contribution in [0.1, 0.15) is 12.8 Å². The summed E-state index contributed by atoms with van der Waals surface area (Å²) >= 11 is 6.91. The number of thioether (sulfide) groups is 1. The van der Waals surface area contributed by atoms with Gasteiger partial charge in [0, 0.05) is 24.1 Å². The molecular weight excluding hydrogens is 464 g/mol. The smallest absolute Gasteiger partial charge is 0.305 e. The Morgan fingerprint density at radius 3 is 2.72 bits per heavy atom. The van der Waals surface area contributed by atoms with Gasteiger partial charge in [0.05, 0.1) is 29.5 Å². The van der Waals surface area contributed by atoms with Gasteiger partial charge < -0.3 is 10.1 Å². The van der Waals surface area contributed by atoms with Crippen molar-refractivity contribution in [1.29, 1.82) is 0 Å². The minimum Gasteiger partial charge on any atom is -0.469 e. The molecule has 0 aliphatic carbocycles. The molecule has 32 heavy (non-hydrogen) atoms. The number of methoxy groups -OCH3 is 1. The molecule has 0 aliphatic heterocycles. The number of ether oxygens (including phenoxy) is 1. The Bertz CT molecular complexity index is 1240. The second kappa shape index (κ2) is 10.6. The molecule has 0 aliphatic rings. The molecule has 0 saturated heterocycles. The van der Waals surface area contributed by atoms with E-state index in [0.717, 1.165) is 28.5 Å². The summed E-state index contributed by atoms with van der Waals surface area (Å²) in [5, 5.41) is 3.15. The summed E-state index contributed by atoms with van der Waals surface area (Å²) in [6.45, 7) is 0.261. The maximum absolute atomic E-state index is 14.5. The number of hydrogen-bond acceptors (Lipinski definition) is 6. The lowest BCUT2D eigenvalue weighted by Gasteiger charge is -2.14. The number of hydrogen-bond donors (Lipinski definition) is 1. The molecule has 0 atom stereocenters. The Kier molecular flexibility index (Phi) is 7.81. The summed E-state index contributed by atoms with van der Waals surface area (Å²) in [7, 11) is 1.28. The number of aromatic nitrogens is 2. The summed E-state index contributed by atoms with van der Waals surface area (Å²) < 4.78 is 33.4. The Labute approximate surface area is 190 Å². The molecule has 0 unspecified atom stereocenters. The highest BCUT2D eigenvalue weighted by Crippen LogP contribution is 2.24. The van der Waals surface area contributed by atoms with Crippen LogP contribution in [0, 0.1) is 11.6 Å². The van der Waals surface area contributed by atoms with Crippen molar-refractivity contribution in [3.8, 4) is 5.69 Å². The summed E-state index contributed by atoms with van der Waals surface area (Å²) in [5.41, 5.74) is -0.491. The average Bonchev–Trinajstić information content (AvgIpc) is 2.76. The van der Waals surface area contributed by atoms with Gasteiger partial charge in [-0.15, -0.1) is 0 Å². The standard InChI is InChI=1S/C21H18ClF2N3O4S/c1-31-19(29)3-2-8-25-18(28)11-32-21-26-16-6-4-12(22)9-14(16)20(30)27(21)17-7-5-13(23)10-15(17)24/h4-7,9-10H,2-3,8,11H2,1H3,(H,25,28). The summed E-state index contributed by atoms with van der Waals surface area (Å²) in [6, 6.07) is 7.32. The van der Waals surface area contributed by atoms with E-state index in [9.17, 15) is 23.2 Å². The highest BCUT2D eigenvalue weighted by atomic mass is 35.5. The fourth-order valence-electron chi connectivity index (χ4n) is 2.85. The number of esters is 1. The van der Waals surface area contributed by atoms with E-state index in [-0.39, 0.29) is 46.8 Å². The van der Waals surface area contributed by atoms with Crippen LogP contribution < -0.4 is 10.9 Å². The number of fused-ring (bicyclic) bond motifs is 1. The molecule has 168 valence electrons. The minimum atomic E-state index is -0.954. The largest absolute Gasteiger partial charge is 0.469 e. The molecule has 0 saturated carbocycles. The topological polar surface area (TPSA) is 90.3 Å². The number of carbonyl (C=O) groups is 2. The van der Waals surface area contributed by atoms with Crippen LogP contribution in [0.15, 0.2) is 46.3 Å². The number of benzene rings is 2. The van der Waals surface area contributed by atoms with Gasteiger partial charge in [-0.3, -0.25) is 19.0 Å². The van der Waals surface area contributed by atoms with Gasteiger partial charge in [0.15, 0.2) is 5.16 Å². The van der Waals surface area contributed by atoms with Crippen LogP contribution in [0.5, 0.6) is 0 Å². The van der Waals surface area contributed by atoms with E-state index < -0.39 is 17.2 Å². The molecule has 1 aromatic heterocycles. The van der Waals surface area contributed by atoms with E-state index in [4.69, 9.17) is 11.6 Å². The van der Waals surface area contributed by atoms with Gasteiger partial charge in [-0.25, -0.2) is 13.8 Å². The summed E-state index contributed by atoms with van der Waals surface area (Å²) in [4.78, 5) is 40.8. The van der Waals surface area contributed by atoms with Crippen LogP contribution in [0.3, 0.4) is 0 Å². The third-order valence-corrected chi connectivity index (χ3v) is 5.56. The lowest BCUT2D eigenvalue weighted by atomic mass is 10.2. The van der Waals surface area contributed by atoms with Crippen LogP contribution in [0.25, 0.3) is 16.6 Å². The zero-order chi connectivity index (χ0) is 23.3. The van der Waals surface area contributed by atoms with Crippen LogP contribution in [0.2, 0.25) is 5.02 Å². The molecule has 11 heteroatoms. The van der Waals surface area contributed by atoms with Crippen LogP contribution in [-0.4, -0.2) is 40.8 Å². The van der Waals surface area contributed by atoms with Crippen molar-refractivity contribution in [2.75, 3.05) is 19.4 Å². The number of nitrogens with one attached hydrogen (secondary N) is 1. The zero-order valence-corrected chi connectivity index (χ0v) is 18.4. The quantitative estimate of drug-likeness (QED) is 0.229. The summed E-state index contributed by atoms with van der Waals surface area (Å²) in [6.07, 6.45) is 0.575. The Hall–Kier alpha value is -2.98. The molecule has 0 fully saturated rings. The molecule has 3 rings (SSSR count). The van der Waals surface area contributed by atoms with E-state index in [1.54, 1.807) is 12.1 Å². The molecule has 3 aromatic rings. The highest BCUT2D eigenvalue weighted by Gasteiger charge is 2.18. The average molecular weight is 482 g/mol. The first-order valence-corrected chi connectivity index (χ1v) is 10.8. The first kappa shape index (κ1) is 23.7. The van der Waals surface area contributed by atoms with Crippen LogP contribution >= 0.6 is 23.4 Å². The third-order valence-electron chi connectivity index (χ3n) is 4.39. The van der Waals surface area contributed by atoms with Crippen molar-refractivity contribution in [3.05, 3.63) is 63.4 Å². The normalized spacial score (nSPS) is 10.9. The van der Waals surface area contributed by atoms with Gasteiger partial charge in [-0.2, -0.15) is 0 Å². The number of nitrogens with zero attached hydrogens (tertiary/aromatic N) is 2. The van der Waals surface area contributed by atoms with Crippen molar-refractivity contribution >= 4 is 46.1 Å². The second-order valence-corrected chi connectivity index (χ2v) is 7.99. The number of carbonyl (C=O) groups excluding carboxylic acids is 2. The molecule has 7 nitrogen and oxygen atoms in total. The molecule has 0 spiro atoms.